The monoisotopic (exact) mass is 400 g/mol. The molecule has 0 aliphatic carbocycles. The Hall–Kier alpha value is -3.03. The summed E-state index contributed by atoms with van der Waals surface area (Å²) in [6, 6.07) is 8.03. The summed E-state index contributed by atoms with van der Waals surface area (Å²) in [5, 5.41) is 6.48. The fourth-order valence-electron chi connectivity index (χ4n) is 3.49. The van der Waals surface area contributed by atoms with Gasteiger partial charge in [-0.25, -0.2) is 13.6 Å². The Labute approximate surface area is 167 Å². The highest BCUT2D eigenvalue weighted by atomic mass is 19.1. The molecule has 0 spiro atoms. The molecule has 4 rings (SSSR count). The van der Waals surface area contributed by atoms with Crippen molar-refractivity contribution in [3.05, 3.63) is 48.0 Å². The molecule has 1 atom stereocenters. The number of nitrogens with zero attached hydrogens (tertiary/aromatic N) is 4. The molecule has 2 fully saturated rings. The van der Waals surface area contributed by atoms with Crippen LogP contribution in [-0.2, 0) is 4.74 Å². The maximum atomic E-state index is 14.7. The van der Waals surface area contributed by atoms with E-state index in [1.54, 1.807) is 36.7 Å². The third-order valence-corrected chi connectivity index (χ3v) is 5.09. The summed E-state index contributed by atoms with van der Waals surface area (Å²) < 4.78 is 32.3. The maximum absolute atomic E-state index is 14.7. The molecule has 8 heteroatoms. The van der Waals surface area contributed by atoms with Gasteiger partial charge in [0.2, 0.25) is 0 Å². The van der Waals surface area contributed by atoms with E-state index in [1.807, 2.05) is 5.01 Å². The predicted octanol–water partition coefficient (Wildman–Crippen LogP) is 4.00. The molecule has 1 aromatic heterocycles. The number of anilines is 1. The highest BCUT2D eigenvalue weighted by Crippen LogP contribution is 2.29. The fourth-order valence-corrected chi connectivity index (χ4v) is 3.49. The van der Waals surface area contributed by atoms with Crippen LogP contribution in [0.2, 0.25) is 0 Å². The number of piperidine rings is 1. The van der Waals surface area contributed by atoms with Gasteiger partial charge in [-0.2, -0.15) is 5.10 Å². The van der Waals surface area contributed by atoms with Gasteiger partial charge in [-0.3, -0.25) is 14.9 Å². The number of amides is 1. The van der Waals surface area contributed by atoms with Gasteiger partial charge in [0.15, 0.2) is 0 Å². The van der Waals surface area contributed by atoms with Crippen molar-refractivity contribution in [2.45, 2.75) is 25.4 Å². The molecule has 0 N–H and O–H groups in total. The normalized spacial score (nSPS) is 19.8. The van der Waals surface area contributed by atoms with Crippen LogP contribution < -0.4 is 4.90 Å². The third-order valence-electron chi connectivity index (χ3n) is 5.09. The molecular weight excluding hydrogens is 378 g/mol. The molecular formula is C21H22F2N4O2. The van der Waals surface area contributed by atoms with E-state index in [0.717, 1.165) is 25.9 Å². The Morgan fingerprint density at radius 3 is 2.69 bits per heavy atom. The van der Waals surface area contributed by atoms with Crippen molar-refractivity contribution in [2.75, 3.05) is 31.2 Å². The molecule has 0 bridgehead atoms. The first-order valence-corrected chi connectivity index (χ1v) is 9.73. The largest absolute Gasteiger partial charge is 0.441 e. The maximum Gasteiger partial charge on any atom is 0.414 e. The highest BCUT2D eigenvalue weighted by molar-refractivity contribution is 5.90. The average Bonchev–Trinajstić information content (AvgIpc) is 3.14. The van der Waals surface area contributed by atoms with Gasteiger partial charge in [0.05, 0.1) is 24.1 Å². The first kappa shape index (κ1) is 19.3. The van der Waals surface area contributed by atoms with E-state index in [4.69, 9.17) is 4.74 Å². The summed E-state index contributed by atoms with van der Waals surface area (Å²) in [6.45, 7) is 1.23. The minimum Gasteiger partial charge on any atom is -0.441 e. The number of cyclic esters (lactones) is 1. The smallest absolute Gasteiger partial charge is 0.414 e. The van der Waals surface area contributed by atoms with E-state index in [-0.39, 0.29) is 6.54 Å². The van der Waals surface area contributed by atoms with Gasteiger partial charge in [-0.15, -0.1) is 0 Å². The van der Waals surface area contributed by atoms with Crippen LogP contribution in [0.15, 0.2) is 41.6 Å². The second-order valence-electron chi connectivity index (χ2n) is 7.17. The number of pyridine rings is 1. The Balaban J connectivity index is 1.47. The molecule has 1 aromatic carbocycles. The van der Waals surface area contributed by atoms with Gasteiger partial charge >= 0.3 is 6.09 Å². The summed E-state index contributed by atoms with van der Waals surface area (Å²) in [5.74, 6) is -0.490. The molecule has 1 amide bonds. The van der Waals surface area contributed by atoms with E-state index in [9.17, 15) is 13.6 Å². The van der Waals surface area contributed by atoms with E-state index >= 15 is 0 Å². The second kappa shape index (κ2) is 8.55. The number of hydrogen-bond donors (Lipinski definition) is 0. The number of hydrazone groups is 1. The lowest BCUT2D eigenvalue weighted by Crippen LogP contribution is -2.25. The number of hydrogen-bond acceptors (Lipinski definition) is 5. The molecule has 2 aliphatic rings. The van der Waals surface area contributed by atoms with Crippen LogP contribution in [-0.4, -0.2) is 54.7 Å². The number of benzene rings is 1. The van der Waals surface area contributed by atoms with Crippen molar-refractivity contribution >= 4 is 18.0 Å². The molecule has 0 unspecified atom stereocenters. The molecule has 2 saturated heterocycles. The number of alkyl halides is 1. The van der Waals surface area contributed by atoms with Crippen molar-refractivity contribution < 1.29 is 18.3 Å². The van der Waals surface area contributed by atoms with Crippen LogP contribution in [0.1, 0.15) is 25.0 Å². The van der Waals surface area contributed by atoms with E-state index < -0.39 is 24.7 Å². The molecule has 6 nitrogen and oxygen atoms in total. The molecule has 0 saturated carbocycles. The second-order valence-corrected chi connectivity index (χ2v) is 7.17. The topological polar surface area (TPSA) is 58.0 Å². The predicted molar refractivity (Wildman–Crippen MR) is 106 cm³/mol. The number of ether oxygens (including phenoxy) is 1. The van der Waals surface area contributed by atoms with Crippen molar-refractivity contribution in [2.24, 2.45) is 5.10 Å². The first-order chi connectivity index (χ1) is 14.1. The van der Waals surface area contributed by atoms with Gasteiger partial charge in [-0.1, -0.05) is 6.07 Å². The van der Waals surface area contributed by atoms with Crippen LogP contribution in [0.3, 0.4) is 0 Å². The number of carbonyl (C=O) groups excluding carboxylic acids is 1. The van der Waals surface area contributed by atoms with E-state index in [2.05, 4.69) is 10.1 Å². The standard InChI is InChI=1S/C21H22F2N4O2/c22-11-18-14-27(21(28)29-18)17-6-7-19(20(23)10-17)15-4-5-16(24-12-15)13-25-26-8-2-1-3-9-26/h4-7,10,12-13,18H,1-3,8-9,11,14H2/b25-13+/t18-/m0/s1. The first-order valence-electron chi connectivity index (χ1n) is 9.73. The molecule has 0 radical (unpaired) electrons. The summed E-state index contributed by atoms with van der Waals surface area (Å²) in [6.07, 6.45) is 5.39. The minimum atomic E-state index is -0.811. The van der Waals surface area contributed by atoms with Crippen LogP contribution in [0.5, 0.6) is 0 Å². The van der Waals surface area contributed by atoms with Crippen LogP contribution in [0.4, 0.5) is 19.3 Å². The zero-order valence-electron chi connectivity index (χ0n) is 15.9. The van der Waals surface area contributed by atoms with Crippen LogP contribution >= 0.6 is 0 Å². The Kier molecular flexibility index (Phi) is 5.69. The number of rotatable bonds is 5. The van der Waals surface area contributed by atoms with Crippen molar-refractivity contribution in [1.82, 2.24) is 9.99 Å². The molecule has 152 valence electrons. The van der Waals surface area contributed by atoms with Gasteiger partial charge < -0.3 is 4.74 Å². The molecule has 2 aromatic rings. The van der Waals surface area contributed by atoms with E-state index in [0.29, 0.717) is 22.5 Å². The Bertz CT molecular complexity index is 898. The zero-order valence-corrected chi connectivity index (χ0v) is 15.9. The number of carbonyl (C=O) groups is 1. The van der Waals surface area contributed by atoms with E-state index in [1.165, 1.54) is 17.4 Å². The third kappa shape index (κ3) is 4.36. The summed E-state index contributed by atoms with van der Waals surface area (Å²) in [4.78, 5) is 17.4. The zero-order chi connectivity index (χ0) is 20.2. The average molecular weight is 400 g/mol. The quantitative estimate of drug-likeness (QED) is 0.712. The number of halogens is 2. The van der Waals surface area contributed by atoms with Crippen LogP contribution in [0, 0.1) is 5.82 Å². The lowest BCUT2D eigenvalue weighted by Gasteiger charge is -2.23. The Morgan fingerprint density at radius 2 is 2.03 bits per heavy atom. The molecule has 2 aliphatic heterocycles. The molecule has 3 heterocycles. The number of aromatic nitrogens is 1. The van der Waals surface area contributed by atoms with Crippen molar-refractivity contribution in [1.29, 1.82) is 0 Å². The minimum absolute atomic E-state index is 0.0702. The summed E-state index contributed by atoms with van der Waals surface area (Å²) >= 11 is 0. The lowest BCUT2D eigenvalue weighted by atomic mass is 10.1. The van der Waals surface area contributed by atoms with Gasteiger partial charge in [0, 0.05) is 30.4 Å². The van der Waals surface area contributed by atoms with Gasteiger partial charge in [0.1, 0.15) is 18.6 Å². The van der Waals surface area contributed by atoms with Crippen LogP contribution in [0.25, 0.3) is 11.1 Å². The SMILES string of the molecule is O=C1O[C@@H](CF)CN1c1ccc(-c2ccc(/C=N/N3CCCCC3)nc2)c(F)c1. The Morgan fingerprint density at radius 1 is 1.21 bits per heavy atom. The van der Waals surface area contributed by atoms with Crippen molar-refractivity contribution in [3.63, 3.8) is 0 Å². The summed E-state index contributed by atoms with van der Waals surface area (Å²) in [5.41, 5.74) is 2.03. The highest BCUT2D eigenvalue weighted by Gasteiger charge is 2.32. The fraction of sp³-hybridized carbons (Fsp3) is 0.381. The van der Waals surface area contributed by atoms with Crippen molar-refractivity contribution in [3.8, 4) is 11.1 Å². The van der Waals surface area contributed by atoms with Gasteiger partial charge in [-0.05, 0) is 43.5 Å². The summed E-state index contributed by atoms with van der Waals surface area (Å²) in [7, 11) is 0. The molecule has 29 heavy (non-hydrogen) atoms. The lowest BCUT2D eigenvalue weighted by molar-refractivity contribution is 0.124. The van der Waals surface area contributed by atoms with Gasteiger partial charge in [0.25, 0.3) is 0 Å².